The minimum Gasteiger partial charge on any atom is -0.367 e. The Bertz CT molecular complexity index is 1200. The molecule has 1 aromatic heterocycles. The summed E-state index contributed by atoms with van der Waals surface area (Å²) in [6.07, 6.45) is -4.12. The Kier molecular flexibility index (Phi) is 7.77. The molecular formula is C25H31F4N7O2. The van der Waals surface area contributed by atoms with E-state index in [1.54, 1.807) is 7.05 Å². The number of hydrogen-bond donors (Lipinski definition) is 3. The fourth-order valence-electron chi connectivity index (χ4n) is 4.98. The number of aromatic nitrogens is 2. The summed E-state index contributed by atoms with van der Waals surface area (Å²) in [6, 6.07) is 4.38. The largest absolute Gasteiger partial charge is 0.393 e. The third kappa shape index (κ3) is 5.66. The molecule has 4 rings (SSSR count). The van der Waals surface area contributed by atoms with Crippen LogP contribution in [0.3, 0.4) is 0 Å². The third-order valence-electron chi connectivity index (χ3n) is 7.37. The number of nitrogens with one attached hydrogen (secondary N) is 3. The molecule has 0 aliphatic carbocycles. The first kappa shape index (κ1) is 27.6. The highest BCUT2D eigenvalue weighted by Crippen LogP contribution is 2.39. The van der Waals surface area contributed by atoms with Gasteiger partial charge in [-0.05, 0) is 39.1 Å². The van der Waals surface area contributed by atoms with Gasteiger partial charge in [-0.2, -0.15) is 13.2 Å². The Morgan fingerprint density at radius 3 is 2.50 bits per heavy atom. The van der Waals surface area contributed by atoms with E-state index in [0.29, 0.717) is 18.8 Å². The van der Waals surface area contributed by atoms with Gasteiger partial charge in [0.05, 0.1) is 28.9 Å². The Morgan fingerprint density at radius 1 is 1.18 bits per heavy atom. The van der Waals surface area contributed by atoms with Gasteiger partial charge in [-0.15, -0.1) is 0 Å². The summed E-state index contributed by atoms with van der Waals surface area (Å²) in [7, 11) is 3.60. The Morgan fingerprint density at radius 2 is 1.87 bits per heavy atom. The standard InChI is InChI=1S/C25H31F4N7O2/c1-13-11-36(12-14(2)35(13)4)21-9-18(26)15(19-5-6-31-24(30-3)34-19)7-20(21)33-23(38)16-10-32-22(37)8-17(16)25(27,28)29/h5-7,9,13-14,16-17H,8,10-12H2,1-4H3,(H,32,37)(H,33,38)(H,30,31,34)/t13-,14+,16?,17?. The number of piperidine rings is 1. The molecule has 2 amide bonds. The Balaban J connectivity index is 1.75. The number of nitrogens with zero attached hydrogens (tertiary/aromatic N) is 4. The van der Waals surface area contributed by atoms with Gasteiger partial charge in [0.15, 0.2) is 0 Å². The predicted molar refractivity (Wildman–Crippen MR) is 135 cm³/mol. The van der Waals surface area contributed by atoms with Gasteiger partial charge in [-0.3, -0.25) is 14.5 Å². The number of benzene rings is 1. The number of likely N-dealkylation sites (N-methyl/N-ethyl adjacent to an activating group) is 1. The van der Waals surface area contributed by atoms with Gasteiger partial charge in [0.2, 0.25) is 17.8 Å². The molecule has 2 aliphatic rings. The van der Waals surface area contributed by atoms with Crippen molar-refractivity contribution in [3.8, 4) is 11.3 Å². The molecule has 1 aromatic carbocycles. The number of anilines is 3. The molecule has 2 saturated heterocycles. The van der Waals surface area contributed by atoms with E-state index in [-0.39, 0.29) is 35.0 Å². The molecule has 3 N–H and O–H groups in total. The molecule has 38 heavy (non-hydrogen) atoms. The van der Waals surface area contributed by atoms with E-state index in [1.807, 2.05) is 25.8 Å². The van der Waals surface area contributed by atoms with Gasteiger partial charge < -0.3 is 20.9 Å². The van der Waals surface area contributed by atoms with E-state index in [0.717, 1.165) is 0 Å². The van der Waals surface area contributed by atoms with E-state index in [2.05, 4.69) is 30.8 Å². The van der Waals surface area contributed by atoms with Gasteiger partial charge in [0, 0.05) is 56.9 Å². The van der Waals surface area contributed by atoms with E-state index >= 15 is 4.39 Å². The topological polar surface area (TPSA) is 102 Å². The summed E-state index contributed by atoms with van der Waals surface area (Å²) in [5.41, 5.74) is 0.820. The maximum atomic E-state index is 15.5. The lowest BCUT2D eigenvalue weighted by atomic mass is 9.84. The number of halogens is 4. The summed E-state index contributed by atoms with van der Waals surface area (Å²) < 4.78 is 56.7. The molecule has 2 aromatic rings. The number of piperazine rings is 1. The van der Waals surface area contributed by atoms with Crippen molar-refractivity contribution < 1.29 is 27.2 Å². The van der Waals surface area contributed by atoms with Crippen molar-refractivity contribution >= 4 is 29.1 Å². The van der Waals surface area contributed by atoms with Crippen molar-refractivity contribution in [3.05, 3.63) is 30.2 Å². The van der Waals surface area contributed by atoms with E-state index in [4.69, 9.17) is 0 Å². The van der Waals surface area contributed by atoms with Crippen LogP contribution in [-0.2, 0) is 9.59 Å². The first-order valence-corrected chi connectivity index (χ1v) is 12.3. The van der Waals surface area contributed by atoms with Crippen LogP contribution >= 0.6 is 0 Å². The zero-order valence-electron chi connectivity index (χ0n) is 21.6. The minimum atomic E-state index is -4.73. The monoisotopic (exact) mass is 537 g/mol. The van der Waals surface area contributed by atoms with Crippen LogP contribution < -0.4 is 20.9 Å². The number of carbonyl (C=O) groups is 2. The van der Waals surface area contributed by atoms with Gasteiger partial charge in [0.25, 0.3) is 0 Å². The summed E-state index contributed by atoms with van der Waals surface area (Å²) in [4.78, 5) is 37.3. The maximum absolute atomic E-state index is 15.5. The van der Waals surface area contributed by atoms with Crippen LogP contribution in [0, 0.1) is 17.7 Å². The van der Waals surface area contributed by atoms with Gasteiger partial charge >= 0.3 is 6.18 Å². The summed E-state index contributed by atoms with van der Waals surface area (Å²) >= 11 is 0. The van der Waals surface area contributed by atoms with Gasteiger partial charge in [-0.25, -0.2) is 14.4 Å². The fourth-order valence-corrected chi connectivity index (χ4v) is 4.98. The summed E-state index contributed by atoms with van der Waals surface area (Å²) in [6.45, 7) is 4.63. The fraction of sp³-hybridized carbons (Fsp3) is 0.520. The summed E-state index contributed by atoms with van der Waals surface area (Å²) in [5, 5.41) is 7.76. The van der Waals surface area contributed by atoms with Crippen molar-refractivity contribution in [1.29, 1.82) is 0 Å². The second-order valence-electron chi connectivity index (χ2n) is 9.89. The molecule has 2 fully saturated rings. The lowest BCUT2D eigenvalue weighted by Gasteiger charge is -2.44. The molecule has 3 heterocycles. The summed E-state index contributed by atoms with van der Waals surface area (Å²) in [5.74, 6) is -5.66. The van der Waals surface area contributed by atoms with Crippen LogP contribution in [0.1, 0.15) is 20.3 Å². The Hall–Kier alpha value is -3.48. The molecule has 0 saturated carbocycles. The lowest BCUT2D eigenvalue weighted by Crippen LogP contribution is -2.55. The van der Waals surface area contributed by atoms with Crippen LogP contribution in [0.25, 0.3) is 11.3 Å². The van der Waals surface area contributed by atoms with Crippen molar-refractivity contribution in [1.82, 2.24) is 20.2 Å². The normalized spacial score (nSPS) is 24.6. The predicted octanol–water partition coefficient (Wildman–Crippen LogP) is 3.11. The molecule has 0 bridgehead atoms. The third-order valence-corrected chi connectivity index (χ3v) is 7.37. The molecule has 2 unspecified atom stereocenters. The second-order valence-corrected chi connectivity index (χ2v) is 9.89. The van der Waals surface area contributed by atoms with Crippen LogP contribution in [-0.4, -0.2) is 78.7 Å². The van der Waals surface area contributed by atoms with Crippen molar-refractivity contribution in [2.24, 2.45) is 11.8 Å². The Labute approximate surface area is 218 Å². The SMILES string of the molecule is CNc1nccc(-c2cc(NC(=O)C3CNC(=O)CC3C(F)(F)F)c(N3C[C@@H](C)N(C)[C@@H](C)C3)cc2F)n1. The zero-order valence-corrected chi connectivity index (χ0v) is 21.6. The maximum Gasteiger partial charge on any atom is 0.393 e. The number of rotatable bonds is 5. The highest BCUT2D eigenvalue weighted by atomic mass is 19.4. The number of hydrogen-bond acceptors (Lipinski definition) is 7. The molecular weight excluding hydrogens is 506 g/mol. The lowest BCUT2D eigenvalue weighted by molar-refractivity contribution is -0.197. The van der Waals surface area contributed by atoms with E-state index in [9.17, 15) is 22.8 Å². The quantitative estimate of drug-likeness (QED) is 0.504. The van der Waals surface area contributed by atoms with Crippen molar-refractivity contribution in [2.75, 3.05) is 49.3 Å². The molecule has 0 radical (unpaired) electrons. The average Bonchev–Trinajstić information content (AvgIpc) is 2.87. The number of amides is 2. The van der Waals surface area contributed by atoms with Gasteiger partial charge in [0.1, 0.15) is 5.82 Å². The first-order valence-electron chi connectivity index (χ1n) is 12.3. The molecule has 206 valence electrons. The molecule has 13 heteroatoms. The average molecular weight is 538 g/mol. The van der Waals surface area contributed by atoms with Crippen LogP contribution in [0.4, 0.5) is 34.9 Å². The molecule has 4 atom stereocenters. The molecule has 0 spiro atoms. The highest BCUT2D eigenvalue weighted by molar-refractivity contribution is 5.98. The number of carbonyl (C=O) groups excluding carboxylic acids is 2. The molecule has 2 aliphatic heterocycles. The van der Waals surface area contributed by atoms with Gasteiger partial charge in [-0.1, -0.05) is 0 Å². The van der Waals surface area contributed by atoms with Crippen LogP contribution in [0.2, 0.25) is 0 Å². The first-order chi connectivity index (χ1) is 17.9. The zero-order chi connectivity index (χ0) is 27.8. The van der Waals surface area contributed by atoms with Crippen molar-refractivity contribution in [2.45, 2.75) is 38.5 Å². The highest BCUT2D eigenvalue weighted by Gasteiger charge is 2.50. The van der Waals surface area contributed by atoms with Crippen LogP contribution in [0.15, 0.2) is 24.4 Å². The smallest absolute Gasteiger partial charge is 0.367 e. The number of alkyl halides is 3. The van der Waals surface area contributed by atoms with E-state index < -0.39 is 48.6 Å². The van der Waals surface area contributed by atoms with Crippen molar-refractivity contribution in [3.63, 3.8) is 0 Å². The second kappa shape index (κ2) is 10.7. The molecule has 9 nitrogen and oxygen atoms in total. The minimum absolute atomic E-state index is 0.0579. The van der Waals surface area contributed by atoms with Crippen LogP contribution in [0.5, 0.6) is 0 Å². The van der Waals surface area contributed by atoms with E-state index in [1.165, 1.54) is 24.4 Å².